The molecule has 3 N–H and O–H groups in total. The standard InChI is InChI=1S/C18H19ClO3.C17H16Cl2O3.C17H17ClO4.C10H11ClO2.C10H9F3.C9H11BrO.C9H9ClO3.C9H9ClO2.CH2O3.Cl2OS.2Cs.H/c1-14(20)11-16-7-8-17(19)12-18(16)22-10-9-21-13-15-5-3-2-4-6-15;2*18-15-7-6-14(10-17(19)20)16(11-15)22-9-8-21-12-13-4-2-1-3-5-13;1-7(12)5-8-3-4-9(11)6-10(8)13-2;11-10(12,13)9-5-4-7-2-1-3-8(7)6-9;10-6-7-11-8-9-4-2-1-3-5-9;1-13-8-5-7(10)3-2-6(8)4-9(11)12;1-6(11)4-7-2-3-8(10)5-9(7)12;2-1-4-3;1-4(2)3;;;/h2-8,12H,9-11,13H2,1H3;1-7,11H,8-10,12H2;1-7,11H,8-10,12H2,(H,19,20);3-4,6H,5H2,1-2H3;4-6H,1-3H2;1-5H,6-8H2;2-3,5H,4H2,1H3,(H,11,12);2-3,5,12H,4H2,1H3;1,3H;;;;/q;;;;;;;;;;2*+1;-1/p-1. The monoisotopic (exact) mass is 2400 g/mol. The van der Waals surface area contributed by atoms with Gasteiger partial charge in [0.15, 0.2) is 0 Å². The van der Waals surface area contributed by atoms with E-state index in [1.165, 1.54) is 37.8 Å². The Hall–Kier alpha value is -5.76. The van der Waals surface area contributed by atoms with Crippen LogP contribution in [-0.4, -0.2) is 126 Å². The summed E-state index contributed by atoms with van der Waals surface area (Å²) in [6.07, 6.45) is -0.557. The third kappa shape index (κ3) is 62.1. The summed E-state index contributed by atoms with van der Waals surface area (Å²) in [6, 6.07) is 74.2. The molecule has 0 atom stereocenters. The number of carboxylic acid groups (broad SMARTS) is 2. The van der Waals surface area contributed by atoms with Gasteiger partial charge in [0.2, 0.25) is 14.5 Å². The smallest absolute Gasteiger partial charge is 1.00 e. The molecule has 11 aromatic carbocycles. The van der Waals surface area contributed by atoms with Crippen LogP contribution in [0.1, 0.15) is 101 Å². The number of ketones is 3. The molecule has 0 unspecified atom stereocenters. The second-order valence-electron chi connectivity index (χ2n) is 28.3. The fraction of sp³-hybridized carbons (Fsp3) is 0.270. The maximum Gasteiger partial charge on any atom is 1.00 e. The number of fused-ring (bicyclic) bond motifs is 1. The fourth-order valence-electron chi connectivity index (χ4n) is 11.6. The minimum absolute atomic E-state index is 0. The normalized spacial score (nSPS) is 10.4. The summed E-state index contributed by atoms with van der Waals surface area (Å²) in [7, 11) is 10.4. The molecule has 12 rings (SSSR count). The molecule has 0 aliphatic heterocycles. The van der Waals surface area contributed by atoms with Gasteiger partial charge in [-0.15, -0.1) is 0 Å². The number of aromatic hydroxyl groups is 1. The van der Waals surface area contributed by atoms with Crippen molar-refractivity contribution in [1.82, 2.24) is 0 Å². The number of ether oxygens (including phenoxy) is 9. The van der Waals surface area contributed by atoms with Crippen LogP contribution < -0.4 is 167 Å². The Labute approximate surface area is 975 Å². The molecule has 22 nitrogen and oxygen atoms in total. The van der Waals surface area contributed by atoms with Gasteiger partial charge >= 0.3 is 156 Å². The number of carboxylic acids is 2. The fourth-order valence-corrected chi connectivity index (χ4v) is 13.0. The molecule has 0 amide bonds. The summed E-state index contributed by atoms with van der Waals surface area (Å²) in [5, 5.41) is 38.9. The number of hydrogen-bond donors (Lipinski definition) is 3. The number of carbonyl (C=O) groups is 7. The number of rotatable bonds is 37. The summed E-state index contributed by atoms with van der Waals surface area (Å²) in [5.74, 6) is 1.37. The van der Waals surface area contributed by atoms with Crippen LogP contribution >= 0.6 is 119 Å². The van der Waals surface area contributed by atoms with Crippen molar-refractivity contribution in [3.8, 4) is 34.5 Å². The molecule has 0 bridgehead atoms. The molecule has 0 fully saturated rings. The van der Waals surface area contributed by atoms with Crippen molar-refractivity contribution in [2.45, 2.75) is 111 Å². The van der Waals surface area contributed by atoms with E-state index in [0.29, 0.717) is 160 Å². The van der Waals surface area contributed by atoms with E-state index in [2.05, 4.69) is 54.3 Å². The van der Waals surface area contributed by atoms with Gasteiger partial charge < -0.3 is 69.5 Å². The molecular formula is C100H103BrCl9Cs2F3O22S. The molecule has 1 aliphatic rings. The van der Waals surface area contributed by atoms with Crippen molar-refractivity contribution in [2.24, 2.45) is 0 Å². The zero-order chi connectivity index (χ0) is 101. The maximum absolute atomic E-state index is 12.3. The van der Waals surface area contributed by atoms with E-state index >= 15 is 0 Å². The summed E-state index contributed by atoms with van der Waals surface area (Å²) in [6.45, 7) is 9.94. The quantitative estimate of drug-likeness (QED) is 0.00813. The van der Waals surface area contributed by atoms with Crippen molar-refractivity contribution in [1.29, 1.82) is 0 Å². The summed E-state index contributed by atoms with van der Waals surface area (Å²) >= 11 is 43.6. The predicted octanol–water partition coefficient (Wildman–Crippen LogP) is 17.9. The third-order valence-corrected chi connectivity index (χ3v) is 19.4. The Morgan fingerprint density at radius 1 is 0.413 bits per heavy atom. The van der Waals surface area contributed by atoms with E-state index < -0.39 is 38.1 Å². The van der Waals surface area contributed by atoms with Crippen LogP contribution in [0.15, 0.2) is 249 Å². The number of alkyl halides is 4. The summed E-state index contributed by atoms with van der Waals surface area (Å²) in [5.41, 5.74) is 10.3. The number of aliphatic carboxylic acids is 2. The van der Waals surface area contributed by atoms with Gasteiger partial charge in [-0.2, -0.15) is 13.2 Å². The van der Waals surface area contributed by atoms with E-state index in [1.54, 1.807) is 118 Å². The van der Waals surface area contributed by atoms with E-state index in [9.17, 15) is 47.0 Å². The van der Waals surface area contributed by atoms with Gasteiger partial charge in [0.1, 0.15) is 71.7 Å². The summed E-state index contributed by atoms with van der Waals surface area (Å²) < 4.78 is 94.8. The molecule has 0 saturated heterocycles. The molecule has 138 heavy (non-hydrogen) atoms. The van der Waals surface area contributed by atoms with Gasteiger partial charge in [-0.1, -0.05) is 249 Å². The molecule has 734 valence electrons. The van der Waals surface area contributed by atoms with Crippen LogP contribution in [0.3, 0.4) is 0 Å². The molecule has 0 radical (unpaired) electrons. The first-order valence-corrected chi connectivity index (χ1v) is 47.7. The van der Waals surface area contributed by atoms with Crippen molar-refractivity contribution < 1.29 is 258 Å². The molecule has 1 aliphatic carbocycles. The Bertz CT molecular complexity index is 5110. The van der Waals surface area contributed by atoms with Gasteiger partial charge in [0.05, 0.1) is 91.9 Å². The van der Waals surface area contributed by atoms with Crippen LogP contribution in [0.5, 0.6) is 34.5 Å². The van der Waals surface area contributed by atoms with Gasteiger partial charge in [-0.3, -0.25) is 33.6 Å². The van der Waals surface area contributed by atoms with Gasteiger partial charge in [0, 0.05) is 109 Å². The first-order chi connectivity index (χ1) is 64.9. The van der Waals surface area contributed by atoms with E-state index in [4.69, 9.17) is 148 Å². The average molecular weight is 2410 g/mol. The van der Waals surface area contributed by atoms with Gasteiger partial charge in [-0.05, 0) is 170 Å². The maximum atomic E-state index is 12.3. The zero-order valence-corrected chi connectivity index (χ0v) is 98.3. The molecule has 0 spiro atoms. The van der Waals surface area contributed by atoms with E-state index in [0.717, 1.165) is 70.1 Å². The number of aryl methyl sites for hydroxylation is 2. The van der Waals surface area contributed by atoms with Crippen LogP contribution in [0.4, 0.5) is 13.2 Å². The van der Waals surface area contributed by atoms with Crippen molar-refractivity contribution in [2.75, 3.05) is 65.8 Å². The first kappa shape index (κ1) is 130. The van der Waals surface area contributed by atoms with E-state index in [1.807, 2.05) is 121 Å². The number of methoxy groups -OCH3 is 2. The van der Waals surface area contributed by atoms with Crippen LogP contribution in [-0.2, 0) is 151 Å². The second kappa shape index (κ2) is 77.7. The largest absolute Gasteiger partial charge is 1.00 e. The van der Waals surface area contributed by atoms with Crippen LogP contribution in [0, 0.1) is 0 Å². The van der Waals surface area contributed by atoms with Crippen LogP contribution in [0.25, 0.3) is 0 Å². The van der Waals surface area contributed by atoms with Gasteiger partial charge in [-0.25, -0.2) is 4.21 Å². The number of phenolic OH excluding ortho intramolecular Hbond substituents is 1. The minimum Gasteiger partial charge on any atom is -1.00 e. The SMILES string of the molecule is BrCCOCc1ccccc1.CC(=O)Cc1ccc(Cl)cc1O.CC(=O)Cc1ccc(Cl)cc1OCCOCc1ccccc1.COc1cc(Cl)ccc1CC(=O)O.COc1cc(Cl)ccc1CC(C)=O.FC(F)(F)c1ccc2c(c1)CCC2.O=C(Cl)Cc1ccc(Cl)cc1OCCOCc1ccccc1.O=C(O)Cc1ccc(Cl)cc1OCCOCc1ccccc1.O=CO[O-].O=S(Cl)Cl.[Cs+].[Cs+].[H-]. The summed E-state index contributed by atoms with van der Waals surface area (Å²) in [4.78, 5) is 76.4. The topological polar surface area (TPSA) is 313 Å². The number of hydrogen-bond acceptors (Lipinski definition) is 20. The molecule has 0 saturated carbocycles. The Kier molecular flexibility index (Phi) is 73.4. The molecule has 38 heteroatoms. The predicted molar refractivity (Wildman–Crippen MR) is 530 cm³/mol. The number of carbonyl (C=O) groups excluding carboxylic acids is 5. The van der Waals surface area contributed by atoms with Crippen molar-refractivity contribution in [3.63, 3.8) is 0 Å². The first-order valence-electron chi connectivity index (χ1n) is 41.1. The number of Topliss-reactive ketones (excluding diaryl/α,β-unsaturated/α-hetero) is 3. The Balaban J connectivity index is 0.00000156. The molecule has 0 aromatic heterocycles. The van der Waals surface area contributed by atoms with Crippen molar-refractivity contribution in [3.05, 3.63) is 351 Å². The minimum atomic E-state index is -4.20. The van der Waals surface area contributed by atoms with Gasteiger partial charge in [0.25, 0.3) is 6.47 Å². The van der Waals surface area contributed by atoms with Crippen molar-refractivity contribution >= 4 is 169 Å². The van der Waals surface area contributed by atoms with E-state index in [-0.39, 0.29) is 194 Å². The Morgan fingerprint density at radius 2 is 0.688 bits per heavy atom. The number of phenols is 1. The second-order valence-corrected chi connectivity index (χ2v) is 34.7. The number of benzene rings is 11. The molecule has 0 heterocycles. The third-order valence-electron chi connectivity index (χ3n) is 17.6. The number of halogens is 13. The molecule has 11 aromatic rings. The zero-order valence-electron chi connectivity index (χ0n) is 77.5. The molecular weight excluding hydrogens is 2310 g/mol. The van der Waals surface area contributed by atoms with Crippen LogP contribution in [0.2, 0.25) is 30.1 Å². The Morgan fingerprint density at radius 3 is 0.978 bits per heavy atom. The average Bonchev–Trinajstić information content (AvgIpc) is 1.69.